The second kappa shape index (κ2) is 8.47. The van der Waals surface area contributed by atoms with Crippen LogP contribution < -0.4 is 10.1 Å². The van der Waals surface area contributed by atoms with Crippen molar-refractivity contribution in [2.24, 2.45) is 0 Å². The lowest BCUT2D eigenvalue weighted by molar-refractivity contribution is 0.0322. The van der Waals surface area contributed by atoms with Gasteiger partial charge in [-0.1, -0.05) is 12.1 Å². The number of nitrogens with one attached hydrogen (secondary N) is 2. The summed E-state index contributed by atoms with van der Waals surface area (Å²) in [4.78, 5) is 14.2. The molecule has 1 amide bonds. The van der Waals surface area contributed by atoms with Gasteiger partial charge in [-0.05, 0) is 23.8 Å². The molecule has 0 unspecified atom stereocenters. The van der Waals surface area contributed by atoms with Crippen molar-refractivity contribution in [1.82, 2.24) is 20.4 Å². The smallest absolute Gasteiger partial charge is 0.269 e. The average Bonchev–Trinajstić information content (AvgIpc) is 3.16. The van der Waals surface area contributed by atoms with Crippen molar-refractivity contribution >= 4 is 5.91 Å². The van der Waals surface area contributed by atoms with Crippen LogP contribution >= 0.6 is 0 Å². The number of H-pyrrole nitrogens is 1. The number of hydrogen-bond donors (Lipinski definition) is 2. The summed E-state index contributed by atoms with van der Waals surface area (Å²) >= 11 is 0. The number of nitrogens with zero attached hydrogens (tertiary/aromatic N) is 2. The molecule has 2 aromatic rings. The van der Waals surface area contributed by atoms with E-state index in [2.05, 4.69) is 20.4 Å². The molecule has 1 saturated heterocycles. The third kappa shape index (κ3) is 4.81. The normalized spacial score (nSPS) is 15.2. The lowest BCUT2D eigenvalue weighted by Crippen LogP contribution is -2.38. The molecule has 0 bridgehead atoms. The predicted molar refractivity (Wildman–Crippen MR) is 89.0 cm³/mol. The van der Waals surface area contributed by atoms with Gasteiger partial charge in [-0.2, -0.15) is 5.10 Å². The first-order valence-corrected chi connectivity index (χ1v) is 8.11. The Morgan fingerprint density at radius 2 is 2.21 bits per heavy atom. The molecule has 24 heavy (non-hydrogen) atoms. The van der Waals surface area contributed by atoms with Crippen LogP contribution in [-0.4, -0.2) is 60.5 Å². The molecule has 1 aliphatic heterocycles. The van der Waals surface area contributed by atoms with Gasteiger partial charge in [0.25, 0.3) is 5.91 Å². The van der Waals surface area contributed by atoms with E-state index in [1.165, 1.54) is 0 Å². The highest BCUT2D eigenvalue weighted by atomic mass is 16.5. The molecule has 0 radical (unpaired) electrons. The Hall–Kier alpha value is -2.38. The molecule has 128 valence electrons. The Balaban J connectivity index is 1.44. The molecule has 0 atom stereocenters. The van der Waals surface area contributed by atoms with E-state index in [0.29, 0.717) is 18.8 Å². The zero-order valence-electron chi connectivity index (χ0n) is 13.5. The van der Waals surface area contributed by atoms with Crippen LogP contribution in [0.2, 0.25) is 0 Å². The quantitative estimate of drug-likeness (QED) is 0.793. The number of rotatable bonds is 7. The number of benzene rings is 1. The minimum absolute atomic E-state index is 0.175. The zero-order valence-corrected chi connectivity index (χ0v) is 13.5. The maximum Gasteiger partial charge on any atom is 0.269 e. The van der Waals surface area contributed by atoms with Crippen molar-refractivity contribution < 1.29 is 14.3 Å². The molecular weight excluding hydrogens is 308 g/mol. The Bertz CT molecular complexity index is 639. The minimum Gasteiger partial charge on any atom is -0.492 e. The first kappa shape index (κ1) is 16.5. The number of carbonyl (C=O) groups excluding carboxylic acids is 1. The monoisotopic (exact) mass is 330 g/mol. The van der Waals surface area contributed by atoms with E-state index in [1.807, 2.05) is 24.3 Å². The van der Waals surface area contributed by atoms with Crippen LogP contribution in [0.3, 0.4) is 0 Å². The van der Waals surface area contributed by atoms with E-state index in [0.717, 1.165) is 44.2 Å². The van der Waals surface area contributed by atoms with Gasteiger partial charge in [-0.25, -0.2) is 0 Å². The highest BCUT2D eigenvalue weighted by Gasteiger charge is 2.10. The van der Waals surface area contributed by atoms with Crippen LogP contribution in [0, 0.1) is 0 Å². The van der Waals surface area contributed by atoms with Crippen LogP contribution in [0.5, 0.6) is 5.75 Å². The van der Waals surface area contributed by atoms with E-state index >= 15 is 0 Å². The summed E-state index contributed by atoms with van der Waals surface area (Å²) < 4.78 is 11.1. The van der Waals surface area contributed by atoms with Gasteiger partial charge in [0.05, 0.1) is 13.2 Å². The second-order valence-corrected chi connectivity index (χ2v) is 5.60. The number of aromatic nitrogens is 2. The van der Waals surface area contributed by atoms with Gasteiger partial charge in [-0.3, -0.25) is 14.8 Å². The van der Waals surface area contributed by atoms with Crippen molar-refractivity contribution in [2.75, 3.05) is 39.5 Å². The van der Waals surface area contributed by atoms with E-state index in [-0.39, 0.29) is 5.91 Å². The molecule has 1 aromatic carbocycles. The molecule has 3 rings (SSSR count). The number of ether oxygens (including phenoxy) is 2. The Morgan fingerprint density at radius 3 is 3.00 bits per heavy atom. The van der Waals surface area contributed by atoms with E-state index < -0.39 is 0 Å². The molecule has 0 spiro atoms. The molecule has 1 aliphatic rings. The number of hydrogen-bond acceptors (Lipinski definition) is 5. The Labute approximate surface area is 140 Å². The van der Waals surface area contributed by atoms with Gasteiger partial charge in [0.1, 0.15) is 18.1 Å². The summed E-state index contributed by atoms with van der Waals surface area (Å²) in [6, 6.07) is 9.41. The molecule has 2 heterocycles. The fourth-order valence-corrected chi connectivity index (χ4v) is 2.52. The predicted octanol–water partition coefficient (Wildman–Crippen LogP) is 1.05. The van der Waals surface area contributed by atoms with Crippen LogP contribution in [0.25, 0.3) is 0 Å². The molecule has 1 fully saturated rings. The van der Waals surface area contributed by atoms with Crippen LogP contribution in [-0.2, 0) is 11.3 Å². The fraction of sp³-hybridized carbons (Fsp3) is 0.412. The molecule has 7 nitrogen and oxygen atoms in total. The molecule has 2 N–H and O–H groups in total. The molecular formula is C17H22N4O3. The first-order chi connectivity index (χ1) is 11.8. The summed E-state index contributed by atoms with van der Waals surface area (Å²) in [5, 5.41) is 9.26. The van der Waals surface area contributed by atoms with E-state index in [4.69, 9.17) is 9.47 Å². The van der Waals surface area contributed by atoms with Gasteiger partial charge in [0.2, 0.25) is 0 Å². The lowest BCUT2D eigenvalue weighted by Gasteiger charge is -2.26. The summed E-state index contributed by atoms with van der Waals surface area (Å²) in [5.74, 6) is 0.641. The Kier molecular flexibility index (Phi) is 5.81. The molecule has 0 aliphatic carbocycles. The average molecular weight is 330 g/mol. The summed E-state index contributed by atoms with van der Waals surface area (Å²) in [6.07, 6.45) is 1.55. The number of carbonyl (C=O) groups is 1. The number of morpholine rings is 1. The van der Waals surface area contributed by atoms with Crippen molar-refractivity contribution in [3.8, 4) is 5.75 Å². The SMILES string of the molecule is O=C(NCc1cccc(OCCN2CCOCC2)c1)c1ccn[nH]1. The van der Waals surface area contributed by atoms with Gasteiger partial charge in [0, 0.05) is 32.4 Å². The van der Waals surface area contributed by atoms with Crippen molar-refractivity contribution in [1.29, 1.82) is 0 Å². The third-order valence-electron chi connectivity index (χ3n) is 3.88. The van der Waals surface area contributed by atoms with E-state index in [1.54, 1.807) is 12.3 Å². The standard InChI is InChI=1S/C17H22N4O3/c22-17(16-4-5-19-20-16)18-13-14-2-1-3-15(12-14)24-11-8-21-6-9-23-10-7-21/h1-5,12H,6-11,13H2,(H,18,22)(H,19,20). The minimum atomic E-state index is -0.175. The van der Waals surface area contributed by atoms with Crippen molar-refractivity contribution in [3.63, 3.8) is 0 Å². The third-order valence-corrected chi connectivity index (χ3v) is 3.88. The van der Waals surface area contributed by atoms with Gasteiger partial charge < -0.3 is 14.8 Å². The molecule has 1 aromatic heterocycles. The van der Waals surface area contributed by atoms with Crippen LogP contribution in [0.4, 0.5) is 0 Å². The first-order valence-electron chi connectivity index (χ1n) is 8.11. The van der Waals surface area contributed by atoms with Gasteiger partial charge in [0.15, 0.2) is 0 Å². The topological polar surface area (TPSA) is 79.5 Å². The second-order valence-electron chi connectivity index (χ2n) is 5.60. The zero-order chi connectivity index (χ0) is 16.6. The molecule has 0 saturated carbocycles. The molecule has 7 heteroatoms. The highest BCUT2D eigenvalue weighted by Crippen LogP contribution is 2.13. The lowest BCUT2D eigenvalue weighted by atomic mass is 10.2. The number of aromatic amines is 1. The van der Waals surface area contributed by atoms with Crippen LogP contribution in [0.15, 0.2) is 36.5 Å². The fourth-order valence-electron chi connectivity index (χ4n) is 2.52. The van der Waals surface area contributed by atoms with Gasteiger partial charge in [-0.15, -0.1) is 0 Å². The largest absolute Gasteiger partial charge is 0.492 e. The Morgan fingerprint density at radius 1 is 1.33 bits per heavy atom. The maximum atomic E-state index is 11.9. The summed E-state index contributed by atoms with van der Waals surface area (Å²) in [7, 11) is 0. The van der Waals surface area contributed by atoms with Gasteiger partial charge >= 0.3 is 0 Å². The maximum absolute atomic E-state index is 11.9. The summed E-state index contributed by atoms with van der Waals surface area (Å²) in [5.41, 5.74) is 1.44. The number of amides is 1. The van der Waals surface area contributed by atoms with Crippen LogP contribution in [0.1, 0.15) is 16.1 Å². The highest BCUT2D eigenvalue weighted by molar-refractivity contribution is 5.92. The van der Waals surface area contributed by atoms with Crippen molar-refractivity contribution in [2.45, 2.75) is 6.54 Å². The van der Waals surface area contributed by atoms with E-state index in [9.17, 15) is 4.79 Å². The summed E-state index contributed by atoms with van der Waals surface area (Å²) in [6.45, 7) is 5.50. The van der Waals surface area contributed by atoms with Crippen molar-refractivity contribution in [3.05, 3.63) is 47.8 Å².